The van der Waals surface area contributed by atoms with Crippen LogP contribution >= 0.6 is 12.4 Å². The van der Waals surface area contributed by atoms with Crippen molar-refractivity contribution in [1.29, 1.82) is 0 Å². The van der Waals surface area contributed by atoms with Crippen LogP contribution in [0.1, 0.15) is 26.7 Å². The zero-order valence-electron chi connectivity index (χ0n) is 8.03. The summed E-state index contributed by atoms with van der Waals surface area (Å²) in [5.41, 5.74) is 0. The number of hydrogen-bond donors (Lipinski definition) is 1. The molecule has 0 fully saturated rings. The van der Waals surface area contributed by atoms with Gasteiger partial charge in [-0.1, -0.05) is 18.9 Å². The van der Waals surface area contributed by atoms with Gasteiger partial charge in [0.1, 0.15) is 0 Å². The van der Waals surface area contributed by atoms with Crippen molar-refractivity contribution in [2.45, 2.75) is 33.2 Å². The molecule has 76 valence electrons. The highest BCUT2D eigenvalue weighted by molar-refractivity contribution is 5.85. The van der Waals surface area contributed by atoms with Gasteiger partial charge in [0, 0.05) is 13.1 Å². The van der Waals surface area contributed by atoms with E-state index in [4.69, 9.17) is 0 Å². The van der Waals surface area contributed by atoms with Crippen molar-refractivity contribution in [2.75, 3.05) is 11.9 Å². The Morgan fingerprint density at radius 1 is 1.31 bits per heavy atom. The Kier molecular flexibility index (Phi) is 6.22. The molecule has 0 aliphatic heterocycles. The second kappa shape index (κ2) is 6.65. The molecule has 0 bridgehead atoms. The molecule has 0 saturated carbocycles. The number of nitrogens with one attached hydrogen (secondary N) is 1. The molecule has 13 heavy (non-hydrogen) atoms. The zero-order valence-corrected chi connectivity index (χ0v) is 8.84. The average molecular weight is 206 g/mol. The van der Waals surface area contributed by atoms with Gasteiger partial charge in [0.2, 0.25) is 5.95 Å². The van der Waals surface area contributed by atoms with Crippen LogP contribution in [0.3, 0.4) is 0 Å². The molecule has 0 spiro atoms. The van der Waals surface area contributed by atoms with Gasteiger partial charge in [0.15, 0.2) is 0 Å². The van der Waals surface area contributed by atoms with Gasteiger partial charge in [-0.2, -0.15) is 0 Å². The van der Waals surface area contributed by atoms with Gasteiger partial charge < -0.3 is 5.32 Å². The highest BCUT2D eigenvalue weighted by Crippen LogP contribution is 1.99. The predicted octanol–water partition coefficient (Wildman–Crippen LogP) is 1.33. The van der Waals surface area contributed by atoms with Gasteiger partial charge in [-0.3, -0.25) is 0 Å². The number of halogens is 1. The van der Waals surface area contributed by atoms with Gasteiger partial charge in [-0.25, -0.2) is 4.68 Å². The van der Waals surface area contributed by atoms with Crippen LogP contribution in [0.5, 0.6) is 0 Å². The van der Waals surface area contributed by atoms with Crippen molar-refractivity contribution < 1.29 is 0 Å². The molecule has 1 N–H and O–H groups in total. The first-order valence-corrected chi connectivity index (χ1v) is 4.38. The van der Waals surface area contributed by atoms with Crippen molar-refractivity contribution in [3.63, 3.8) is 0 Å². The number of rotatable bonds is 5. The summed E-state index contributed by atoms with van der Waals surface area (Å²) in [6.45, 7) is 6.01. The third-order valence-corrected chi connectivity index (χ3v) is 1.50. The molecule has 5 nitrogen and oxygen atoms in total. The fourth-order valence-electron chi connectivity index (χ4n) is 0.930. The molecule has 0 radical (unpaired) electrons. The summed E-state index contributed by atoms with van der Waals surface area (Å²) >= 11 is 0. The van der Waals surface area contributed by atoms with Crippen molar-refractivity contribution >= 4 is 18.4 Å². The highest BCUT2D eigenvalue weighted by Gasteiger charge is 2.01. The number of hydrogen-bond acceptors (Lipinski definition) is 4. The minimum atomic E-state index is 0. The van der Waals surface area contributed by atoms with Crippen molar-refractivity contribution in [3.8, 4) is 0 Å². The van der Waals surface area contributed by atoms with E-state index in [1.54, 1.807) is 4.68 Å². The molecule has 0 aromatic carbocycles. The third-order valence-electron chi connectivity index (χ3n) is 1.50. The molecule has 0 saturated heterocycles. The molecule has 1 aromatic heterocycles. The molecule has 6 heteroatoms. The minimum absolute atomic E-state index is 0. The van der Waals surface area contributed by atoms with Crippen LogP contribution in [0.4, 0.5) is 5.95 Å². The molecule has 1 aromatic rings. The van der Waals surface area contributed by atoms with Gasteiger partial charge in [0.05, 0.1) is 0 Å². The Morgan fingerprint density at radius 3 is 2.69 bits per heavy atom. The predicted molar refractivity (Wildman–Crippen MR) is 54.1 cm³/mol. The lowest BCUT2D eigenvalue weighted by Gasteiger charge is -2.03. The van der Waals surface area contributed by atoms with Gasteiger partial charge in [-0.15, -0.1) is 12.4 Å². The summed E-state index contributed by atoms with van der Waals surface area (Å²) in [7, 11) is 0. The lowest BCUT2D eigenvalue weighted by atomic mass is 10.5. The summed E-state index contributed by atoms with van der Waals surface area (Å²) in [5, 5.41) is 14.5. The Morgan fingerprint density at radius 2 is 2.08 bits per heavy atom. The average Bonchev–Trinajstić information content (AvgIpc) is 2.50. The van der Waals surface area contributed by atoms with Crippen molar-refractivity contribution in [1.82, 2.24) is 20.2 Å². The quantitative estimate of drug-likeness (QED) is 0.788. The molecule has 0 aliphatic rings. The minimum Gasteiger partial charge on any atom is -0.353 e. The van der Waals surface area contributed by atoms with Crippen LogP contribution in [-0.2, 0) is 6.54 Å². The van der Waals surface area contributed by atoms with Crippen LogP contribution in [0.15, 0.2) is 0 Å². The first kappa shape index (κ1) is 12.2. The molecule has 0 unspecified atom stereocenters. The van der Waals surface area contributed by atoms with Crippen molar-refractivity contribution in [2.24, 2.45) is 0 Å². The summed E-state index contributed by atoms with van der Waals surface area (Å²) in [6, 6.07) is 0. The van der Waals surface area contributed by atoms with E-state index in [1.807, 2.05) is 0 Å². The van der Waals surface area contributed by atoms with Gasteiger partial charge in [0.25, 0.3) is 0 Å². The number of tetrazole rings is 1. The largest absolute Gasteiger partial charge is 0.353 e. The molecule has 0 aliphatic carbocycles. The second-order valence-electron chi connectivity index (χ2n) is 2.65. The van der Waals surface area contributed by atoms with E-state index in [-0.39, 0.29) is 12.4 Å². The summed E-state index contributed by atoms with van der Waals surface area (Å²) < 4.78 is 1.79. The molecular formula is C7H16ClN5. The van der Waals surface area contributed by atoms with E-state index < -0.39 is 0 Å². The van der Waals surface area contributed by atoms with Crippen LogP contribution in [-0.4, -0.2) is 26.8 Å². The molecular weight excluding hydrogens is 190 g/mol. The zero-order chi connectivity index (χ0) is 8.81. The fraction of sp³-hybridized carbons (Fsp3) is 0.857. The lowest BCUT2D eigenvalue weighted by Crippen LogP contribution is -2.09. The van der Waals surface area contributed by atoms with Gasteiger partial charge >= 0.3 is 0 Å². The Bertz CT molecular complexity index is 224. The molecule has 1 rings (SSSR count). The highest BCUT2D eigenvalue weighted by atomic mass is 35.5. The normalized spacial score (nSPS) is 9.38. The standard InChI is InChI=1S/C7H15N5.ClH/c1-3-5-8-7-9-10-11-12(7)6-4-2;/h3-6H2,1-2H3,(H,8,9,11);1H. The maximum absolute atomic E-state index is 3.86. The molecule has 1 heterocycles. The second-order valence-corrected chi connectivity index (χ2v) is 2.65. The first-order valence-electron chi connectivity index (χ1n) is 4.38. The maximum atomic E-state index is 3.86. The SMILES string of the molecule is CCCNc1nnnn1CCC.Cl. The Labute approximate surface area is 84.3 Å². The summed E-state index contributed by atoms with van der Waals surface area (Å²) in [5.74, 6) is 0.777. The van der Waals surface area contributed by atoms with E-state index >= 15 is 0 Å². The fourth-order valence-corrected chi connectivity index (χ4v) is 0.930. The Balaban J connectivity index is 0.00000144. The van der Waals surface area contributed by atoms with Crippen LogP contribution in [0.25, 0.3) is 0 Å². The van der Waals surface area contributed by atoms with Crippen LogP contribution < -0.4 is 5.32 Å². The smallest absolute Gasteiger partial charge is 0.242 e. The number of aromatic nitrogens is 4. The van der Waals surface area contributed by atoms with E-state index in [9.17, 15) is 0 Å². The number of aryl methyl sites for hydroxylation is 1. The molecule has 0 amide bonds. The Hall–Kier alpha value is -0.840. The van der Waals surface area contributed by atoms with E-state index in [0.29, 0.717) is 0 Å². The van der Waals surface area contributed by atoms with E-state index in [1.165, 1.54) is 0 Å². The summed E-state index contributed by atoms with van der Waals surface area (Å²) in [4.78, 5) is 0. The first-order chi connectivity index (χ1) is 5.88. The lowest BCUT2D eigenvalue weighted by molar-refractivity contribution is 0.582. The topological polar surface area (TPSA) is 55.6 Å². The number of nitrogens with zero attached hydrogens (tertiary/aromatic N) is 4. The third kappa shape index (κ3) is 3.59. The van der Waals surface area contributed by atoms with Crippen molar-refractivity contribution in [3.05, 3.63) is 0 Å². The van der Waals surface area contributed by atoms with E-state index in [2.05, 4.69) is 34.7 Å². The maximum Gasteiger partial charge on any atom is 0.242 e. The monoisotopic (exact) mass is 205 g/mol. The van der Waals surface area contributed by atoms with Gasteiger partial charge in [-0.05, 0) is 23.3 Å². The molecule has 0 atom stereocenters. The number of anilines is 1. The summed E-state index contributed by atoms with van der Waals surface area (Å²) in [6.07, 6.45) is 2.13. The van der Waals surface area contributed by atoms with E-state index in [0.717, 1.165) is 31.9 Å². The van der Waals surface area contributed by atoms with Crippen LogP contribution in [0, 0.1) is 0 Å². The van der Waals surface area contributed by atoms with Crippen LogP contribution in [0.2, 0.25) is 0 Å².